The van der Waals surface area contributed by atoms with Gasteiger partial charge in [-0.05, 0) is 42.5 Å². The topological polar surface area (TPSA) is 64.0 Å². The first-order valence-electron chi connectivity index (χ1n) is 8.16. The first kappa shape index (κ1) is 15.8. The van der Waals surface area contributed by atoms with E-state index in [-0.39, 0.29) is 11.8 Å². The van der Waals surface area contributed by atoms with Gasteiger partial charge in [0.2, 0.25) is 0 Å². The van der Waals surface area contributed by atoms with Crippen molar-refractivity contribution in [1.82, 2.24) is 9.78 Å². The Kier molecular flexibility index (Phi) is 4.03. The van der Waals surface area contributed by atoms with Crippen molar-refractivity contribution >= 4 is 28.4 Å². The molecule has 1 amide bonds. The van der Waals surface area contributed by atoms with Gasteiger partial charge >= 0.3 is 0 Å². The van der Waals surface area contributed by atoms with Gasteiger partial charge in [-0.2, -0.15) is 9.78 Å². The van der Waals surface area contributed by atoms with Gasteiger partial charge in [0.25, 0.3) is 11.8 Å². The molecule has 0 saturated heterocycles. The normalized spacial score (nSPS) is 10.6. The minimum atomic E-state index is -0.216. The number of fused-ring (bicyclic) bond motifs is 1. The summed E-state index contributed by atoms with van der Waals surface area (Å²) in [5.74, 6) is -0.419. The fourth-order valence-corrected chi connectivity index (χ4v) is 2.75. The number of nitrogens with one attached hydrogen (secondary N) is 1. The maximum Gasteiger partial charge on any atom is 0.278 e. The number of aromatic nitrogens is 2. The van der Waals surface area contributed by atoms with Gasteiger partial charge in [-0.1, -0.05) is 36.4 Å². The Hall–Kier alpha value is -3.73. The predicted molar refractivity (Wildman–Crippen MR) is 100 cm³/mol. The molecule has 3 aromatic carbocycles. The van der Waals surface area contributed by atoms with Crippen LogP contribution < -0.4 is 5.32 Å². The van der Waals surface area contributed by atoms with Crippen molar-refractivity contribution in [1.29, 1.82) is 0 Å². The summed E-state index contributed by atoms with van der Waals surface area (Å²) in [6.45, 7) is 0. The van der Waals surface area contributed by atoms with Gasteiger partial charge in [-0.15, -0.1) is 0 Å². The lowest BCUT2D eigenvalue weighted by atomic mass is 10.2. The van der Waals surface area contributed by atoms with Crippen molar-refractivity contribution in [2.75, 3.05) is 5.32 Å². The van der Waals surface area contributed by atoms with Gasteiger partial charge in [0, 0.05) is 22.2 Å². The number of rotatable bonds is 3. The third-order valence-corrected chi connectivity index (χ3v) is 4.08. The van der Waals surface area contributed by atoms with Crippen molar-refractivity contribution in [3.8, 4) is 0 Å². The molecule has 26 heavy (non-hydrogen) atoms. The van der Waals surface area contributed by atoms with Crippen LogP contribution in [0.1, 0.15) is 20.7 Å². The molecule has 0 radical (unpaired) electrons. The summed E-state index contributed by atoms with van der Waals surface area (Å²) in [6.07, 6.45) is 1.64. The number of carbonyl (C=O) groups excluding carboxylic acids is 2. The van der Waals surface area contributed by atoms with Gasteiger partial charge in [-0.3, -0.25) is 9.59 Å². The zero-order valence-corrected chi connectivity index (χ0v) is 13.8. The number of nitrogens with zero attached hydrogens (tertiary/aromatic N) is 2. The summed E-state index contributed by atoms with van der Waals surface area (Å²) in [6, 6.07) is 23.3. The molecule has 0 spiro atoms. The van der Waals surface area contributed by atoms with Crippen LogP contribution in [0.5, 0.6) is 0 Å². The van der Waals surface area contributed by atoms with E-state index in [1.165, 1.54) is 4.68 Å². The smallest absolute Gasteiger partial charge is 0.278 e. The van der Waals surface area contributed by atoms with E-state index < -0.39 is 0 Å². The summed E-state index contributed by atoms with van der Waals surface area (Å²) < 4.78 is 1.35. The van der Waals surface area contributed by atoms with E-state index in [1.807, 2.05) is 42.5 Å². The molecule has 0 unspecified atom stereocenters. The van der Waals surface area contributed by atoms with Gasteiger partial charge in [0.15, 0.2) is 0 Å². The first-order valence-corrected chi connectivity index (χ1v) is 8.16. The molecule has 0 aliphatic heterocycles. The quantitative estimate of drug-likeness (QED) is 0.613. The molecule has 4 rings (SSSR count). The molecule has 126 valence electrons. The minimum absolute atomic E-state index is 0.203. The fraction of sp³-hybridized carbons (Fsp3) is 0. The molecule has 1 aromatic heterocycles. The average Bonchev–Trinajstić information content (AvgIpc) is 3.12. The van der Waals surface area contributed by atoms with E-state index in [1.54, 1.807) is 42.6 Å². The van der Waals surface area contributed by atoms with Gasteiger partial charge in [-0.25, -0.2) is 0 Å². The number of anilines is 1. The Morgan fingerprint density at radius 2 is 1.46 bits per heavy atom. The molecule has 1 N–H and O–H groups in total. The Labute approximate surface area is 149 Å². The highest BCUT2D eigenvalue weighted by Crippen LogP contribution is 2.20. The zero-order valence-electron chi connectivity index (χ0n) is 13.8. The van der Waals surface area contributed by atoms with Crippen LogP contribution in [0.2, 0.25) is 0 Å². The average molecular weight is 341 g/mol. The maximum atomic E-state index is 12.7. The number of hydrogen-bond donors (Lipinski definition) is 1. The van der Waals surface area contributed by atoms with Gasteiger partial charge in [0.05, 0.1) is 11.7 Å². The summed E-state index contributed by atoms with van der Waals surface area (Å²) in [4.78, 5) is 25.0. The summed E-state index contributed by atoms with van der Waals surface area (Å²) in [7, 11) is 0. The molecule has 0 atom stereocenters. The maximum absolute atomic E-state index is 12.7. The van der Waals surface area contributed by atoms with Crippen LogP contribution in [0.4, 0.5) is 5.69 Å². The van der Waals surface area contributed by atoms with E-state index in [0.29, 0.717) is 22.3 Å². The Bertz CT molecular complexity index is 1090. The lowest BCUT2D eigenvalue weighted by molar-refractivity contribution is 0.0950. The molecular formula is C21H15N3O2. The summed E-state index contributed by atoms with van der Waals surface area (Å²) >= 11 is 0. The van der Waals surface area contributed by atoms with Crippen molar-refractivity contribution in [3.63, 3.8) is 0 Å². The molecule has 0 fully saturated rings. The van der Waals surface area contributed by atoms with Crippen LogP contribution in [-0.2, 0) is 0 Å². The second kappa shape index (κ2) is 6.64. The van der Waals surface area contributed by atoms with E-state index >= 15 is 0 Å². The van der Waals surface area contributed by atoms with Crippen LogP contribution in [0.25, 0.3) is 10.9 Å². The van der Waals surface area contributed by atoms with Crippen LogP contribution in [0.15, 0.2) is 85.1 Å². The Balaban J connectivity index is 1.67. The third-order valence-electron chi connectivity index (χ3n) is 4.08. The van der Waals surface area contributed by atoms with Crippen LogP contribution >= 0.6 is 0 Å². The lowest BCUT2D eigenvalue weighted by Gasteiger charge is -2.07. The van der Waals surface area contributed by atoms with Crippen molar-refractivity contribution < 1.29 is 9.59 Å². The standard InChI is InChI=1S/C21H15N3O2/c25-20(15-7-3-1-4-8-15)23-18-12-11-17-14-22-24(19(17)13-18)21(26)16-9-5-2-6-10-16/h1-14H,(H,23,25). The van der Waals surface area contributed by atoms with E-state index in [9.17, 15) is 9.59 Å². The fourth-order valence-electron chi connectivity index (χ4n) is 2.75. The summed E-state index contributed by atoms with van der Waals surface area (Å²) in [5, 5.41) is 7.89. The Morgan fingerprint density at radius 1 is 0.808 bits per heavy atom. The van der Waals surface area contributed by atoms with E-state index in [2.05, 4.69) is 10.4 Å². The van der Waals surface area contributed by atoms with Crippen LogP contribution in [0.3, 0.4) is 0 Å². The largest absolute Gasteiger partial charge is 0.322 e. The third kappa shape index (κ3) is 2.98. The number of benzene rings is 3. The molecule has 1 heterocycles. The SMILES string of the molecule is O=C(Nc1ccc2cnn(C(=O)c3ccccc3)c2c1)c1ccccc1. The Morgan fingerprint density at radius 3 is 2.15 bits per heavy atom. The molecule has 0 aliphatic rings. The monoisotopic (exact) mass is 341 g/mol. The molecule has 0 saturated carbocycles. The molecule has 5 nitrogen and oxygen atoms in total. The van der Waals surface area contributed by atoms with Crippen molar-refractivity contribution in [3.05, 3.63) is 96.2 Å². The van der Waals surface area contributed by atoms with Gasteiger partial charge < -0.3 is 5.32 Å². The number of hydrogen-bond acceptors (Lipinski definition) is 3. The number of carbonyl (C=O) groups is 2. The zero-order chi connectivity index (χ0) is 17.9. The highest BCUT2D eigenvalue weighted by atomic mass is 16.2. The predicted octanol–water partition coefficient (Wildman–Crippen LogP) is 3.98. The molecule has 4 aromatic rings. The molecule has 0 aliphatic carbocycles. The number of amides is 1. The van der Waals surface area contributed by atoms with Crippen molar-refractivity contribution in [2.45, 2.75) is 0 Å². The molecule has 0 bridgehead atoms. The lowest BCUT2D eigenvalue weighted by Crippen LogP contribution is -2.14. The van der Waals surface area contributed by atoms with Crippen LogP contribution in [-0.4, -0.2) is 21.6 Å². The second-order valence-corrected chi connectivity index (χ2v) is 5.82. The summed E-state index contributed by atoms with van der Waals surface area (Å²) in [5.41, 5.74) is 2.37. The van der Waals surface area contributed by atoms with E-state index in [4.69, 9.17) is 0 Å². The minimum Gasteiger partial charge on any atom is -0.322 e. The van der Waals surface area contributed by atoms with Crippen molar-refractivity contribution in [2.24, 2.45) is 0 Å². The van der Waals surface area contributed by atoms with Gasteiger partial charge in [0.1, 0.15) is 0 Å². The molecule has 5 heteroatoms. The van der Waals surface area contributed by atoms with E-state index in [0.717, 1.165) is 5.39 Å². The first-order chi connectivity index (χ1) is 12.7. The highest BCUT2D eigenvalue weighted by Gasteiger charge is 2.14. The highest BCUT2D eigenvalue weighted by molar-refractivity contribution is 6.06. The molecular weight excluding hydrogens is 326 g/mol. The van der Waals surface area contributed by atoms with Crippen LogP contribution in [0, 0.1) is 0 Å². The second-order valence-electron chi connectivity index (χ2n) is 5.82.